The molecule has 0 saturated carbocycles. The molecule has 5 rings (SSSR count). The van der Waals surface area contributed by atoms with Gasteiger partial charge < -0.3 is 23.3 Å². The van der Waals surface area contributed by atoms with Gasteiger partial charge in [-0.2, -0.15) is 0 Å². The SMILES string of the molecule is C1CCOOC1.CCOC(=O)Cc1ccc(F)cc1OCc1cc(B2OC(C)(C)C(C)(C)O2)c2ccn(C(C)C)c2c1. The summed E-state index contributed by atoms with van der Waals surface area (Å²) >= 11 is 0. The second-order valence-electron chi connectivity index (χ2n) is 11.9. The van der Waals surface area contributed by atoms with Crippen LogP contribution in [0.4, 0.5) is 4.39 Å². The molecule has 0 radical (unpaired) electrons. The molecule has 2 aliphatic heterocycles. The quantitative estimate of drug-likeness (QED) is 0.181. The molecule has 2 fully saturated rings. The number of halogens is 1. The van der Waals surface area contributed by atoms with E-state index in [1.165, 1.54) is 12.1 Å². The fourth-order valence-electron chi connectivity index (χ4n) is 4.83. The van der Waals surface area contributed by atoms with E-state index in [0.717, 1.165) is 48.0 Å². The summed E-state index contributed by atoms with van der Waals surface area (Å²) in [5, 5.41) is 1.06. The van der Waals surface area contributed by atoms with Gasteiger partial charge in [-0.15, -0.1) is 0 Å². The van der Waals surface area contributed by atoms with Crippen molar-refractivity contribution in [3.63, 3.8) is 0 Å². The molecule has 2 saturated heterocycles. The minimum atomic E-state index is -0.533. The van der Waals surface area contributed by atoms with E-state index in [2.05, 4.69) is 46.5 Å². The molecule has 0 aliphatic carbocycles. The summed E-state index contributed by atoms with van der Waals surface area (Å²) in [7, 11) is -0.533. The van der Waals surface area contributed by atoms with Crippen molar-refractivity contribution in [2.75, 3.05) is 19.8 Å². The smallest absolute Gasteiger partial charge is 0.488 e. The lowest BCUT2D eigenvalue weighted by Gasteiger charge is -2.32. The summed E-state index contributed by atoms with van der Waals surface area (Å²) in [5.74, 6) is -0.493. The third kappa shape index (κ3) is 7.53. The number of hydrogen-bond donors (Lipinski definition) is 0. The zero-order valence-electron chi connectivity index (χ0n) is 25.8. The van der Waals surface area contributed by atoms with Gasteiger partial charge in [0, 0.05) is 29.4 Å². The standard InChI is InChI=1S/C28H35BFNO5.C4H8O2/c1-8-33-26(32)15-20-9-10-21(30)16-25(20)34-17-19-13-23(29-35-27(4,5)28(6,7)36-29)22-11-12-31(18(2)3)24(22)14-19;1-2-4-6-5-3-1/h9-14,16,18H,8,15,17H2,1-7H3;1-4H2. The highest BCUT2D eigenvalue weighted by Gasteiger charge is 2.52. The number of rotatable bonds is 8. The number of nitrogens with zero attached hydrogens (tertiary/aromatic N) is 1. The van der Waals surface area contributed by atoms with Crippen LogP contribution in [0, 0.1) is 5.82 Å². The maximum Gasteiger partial charge on any atom is 0.495 e. The topological polar surface area (TPSA) is 77.4 Å². The van der Waals surface area contributed by atoms with Crippen molar-refractivity contribution in [3.8, 4) is 5.75 Å². The fourth-order valence-corrected chi connectivity index (χ4v) is 4.83. The van der Waals surface area contributed by atoms with E-state index in [1.54, 1.807) is 13.0 Å². The first-order valence-corrected chi connectivity index (χ1v) is 14.7. The van der Waals surface area contributed by atoms with Crippen LogP contribution in [0.15, 0.2) is 42.6 Å². The molecular formula is C32H43BFNO7. The van der Waals surface area contributed by atoms with Crippen molar-refractivity contribution in [2.45, 2.75) is 91.6 Å². The van der Waals surface area contributed by atoms with Crippen LogP contribution in [0.1, 0.15) is 78.5 Å². The molecule has 0 amide bonds. The lowest BCUT2D eigenvalue weighted by molar-refractivity contribution is -0.312. The van der Waals surface area contributed by atoms with E-state index in [1.807, 2.05) is 33.8 Å². The Morgan fingerprint density at radius 1 is 1.02 bits per heavy atom. The molecule has 0 atom stereocenters. The molecule has 3 heterocycles. The van der Waals surface area contributed by atoms with Gasteiger partial charge in [0.15, 0.2) is 0 Å². The van der Waals surface area contributed by atoms with Crippen molar-refractivity contribution in [1.82, 2.24) is 4.57 Å². The summed E-state index contributed by atoms with van der Waals surface area (Å²) in [4.78, 5) is 21.2. The van der Waals surface area contributed by atoms with Crippen LogP contribution in [-0.2, 0) is 41.6 Å². The average Bonchev–Trinajstić information content (AvgIpc) is 3.47. The van der Waals surface area contributed by atoms with Gasteiger partial charge in [-0.3, -0.25) is 4.79 Å². The molecule has 1 aromatic heterocycles. The van der Waals surface area contributed by atoms with Crippen molar-refractivity contribution in [3.05, 3.63) is 59.5 Å². The predicted molar refractivity (Wildman–Crippen MR) is 160 cm³/mol. The van der Waals surface area contributed by atoms with Crippen LogP contribution in [0.5, 0.6) is 5.75 Å². The van der Waals surface area contributed by atoms with Gasteiger partial charge in [0.1, 0.15) is 18.2 Å². The van der Waals surface area contributed by atoms with E-state index in [9.17, 15) is 9.18 Å². The monoisotopic (exact) mass is 583 g/mol. The highest BCUT2D eigenvalue weighted by Crippen LogP contribution is 2.37. The first-order chi connectivity index (χ1) is 19.9. The predicted octanol–water partition coefficient (Wildman–Crippen LogP) is 6.07. The number of hydrogen-bond acceptors (Lipinski definition) is 7. The number of aromatic nitrogens is 1. The van der Waals surface area contributed by atoms with Gasteiger partial charge in [0.25, 0.3) is 0 Å². The zero-order valence-corrected chi connectivity index (χ0v) is 25.8. The van der Waals surface area contributed by atoms with Crippen LogP contribution in [0.2, 0.25) is 0 Å². The largest absolute Gasteiger partial charge is 0.495 e. The second kappa shape index (κ2) is 13.6. The Morgan fingerprint density at radius 3 is 2.26 bits per heavy atom. The van der Waals surface area contributed by atoms with E-state index >= 15 is 0 Å². The Balaban J connectivity index is 0.000000600. The first-order valence-electron chi connectivity index (χ1n) is 14.7. The van der Waals surface area contributed by atoms with Crippen molar-refractivity contribution < 1.29 is 37.7 Å². The summed E-state index contributed by atoms with van der Waals surface area (Å²) in [5.41, 5.74) is 2.49. The second-order valence-corrected chi connectivity index (χ2v) is 11.9. The molecule has 0 bridgehead atoms. The highest BCUT2D eigenvalue weighted by atomic mass is 19.1. The van der Waals surface area contributed by atoms with Gasteiger partial charge in [-0.1, -0.05) is 12.1 Å². The molecule has 2 aromatic carbocycles. The van der Waals surface area contributed by atoms with Gasteiger partial charge in [0.2, 0.25) is 0 Å². The van der Waals surface area contributed by atoms with Gasteiger partial charge in [-0.25, -0.2) is 14.2 Å². The minimum absolute atomic E-state index is 0.0118. The molecule has 0 unspecified atom stereocenters. The lowest BCUT2D eigenvalue weighted by Crippen LogP contribution is -2.41. The summed E-state index contributed by atoms with van der Waals surface area (Å²) in [6.45, 7) is 16.2. The van der Waals surface area contributed by atoms with Crippen LogP contribution >= 0.6 is 0 Å². The van der Waals surface area contributed by atoms with E-state index in [0.29, 0.717) is 11.3 Å². The average molecular weight is 584 g/mol. The van der Waals surface area contributed by atoms with E-state index in [-0.39, 0.29) is 31.6 Å². The number of fused-ring (bicyclic) bond motifs is 1. The Kier molecular flexibility index (Phi) is 10.4. The number of esters is 1. The maximum atomic E-state index is 14.0. The van der Waals surface area contributed by atoms with Crippen LogP contribution in [0.3, 0.4) is 0 Å². The Labute approximate surface area is 248 Å². The number of benzene rings is 2. The van der Waals surface area contributed by atoms with Crippen molar-refractivity contribution >= 4 is 29.5 Å². The van der Waals surface area contributed by atoms with E-state index < -0.39 is 24.1 Å². The zero-order chi connectivity index (χ0) is 30.5. The van der Waals surface area contributed by atoms with Gasteiger partial charge >= 0.3 is 13.1 Å². The molecule has 8 nitrogen and oxygen atoms in total. The number of carbonyl (C=O) groups is 1. The summed E-state index contributed by atoms with van der Waals surface area (Å²) in [6, 6.07) is 10.6. The minimum Gasteiger partial charge on any atom is -0.488 e. The molecule has 3 aromatic rings. The van der Waals surface area contributed by atoms with Crippen LogP contribution < -0.4 is 10.2 Å². The molecule has 2 aliphatic rings. The molecule has 0 spiro atoms. The first kappa shape index (κ1) is 32.0. The lowest BCUT2D eigenvalue weighted by atomic mass is 9.76. The van der Waals surface area contributed by atoms with Gasteiger partial charge in [0.05, 0.1) is 37.4 Å². The highest BCUT2D eigenvalue weighted by molar-refractivity contribution is 6.65. The summed E-state index contributed by atoms with van der Waals surface area (Å²) < 4.78 is 40.1. The Hall–Kier alpha value is -2.92. The Bertz CT molecular complexity index is 1340. The third-order valence-corrected chi connectivity index (χ3v) is 7.85. The van der Waals surface area contributed by atoms with Crippen molar-refractivity contribution in [1.29, 1.82) is 0 Å². The fraction of sp³-hybridized carbons (Fsp3) is 0.531. The van der Waals surface area contributed by atoms with Crippen LogP contribution in [-0.4, -0.2) is 48.7 Å². The Morgan fingerprint density at radius 2 is 1.69 bits per heavy atom. The van der Waals surface area contributed by atoms with Gasteiger partial charge in [-0.05, 0) is 95.9 Å². The molecule has 42 heavy (non-hydrogen) atoms. The molecule has 0 N–H and O–H groups in total. The van der Waals surface area contributed by atoms with Crippen molar-refractivity contribution in [2.24, 2.45) is 0 Å². The maximum absolute atomic E-state index is 14.0. The third-order valence-electron chi connectivity index (χ3n) is 7.85. The molecule has 10 heteroatoms. The molecular weight excluding hydrogens is 540 g/mol. The summed E-state index contributed by atoms with van der Waals surface area (Å²) in [6.07, 6.45) is 4.39. The van der Waals surface area contributed by atoms with E-state index in [4.69, 9.17) is 18.8 Å². The normalized spacial score (nSPS) is 17.7. The number of ether oxygens (including phenoxy) is 2. The van der Waals surface area contributed by atoms with Crippen LogP contribution in [0.25, 0.3) is 10.9 Å². The number of carbonyl (C=O) groups excluding carboxylic acids is 1. The molecule has 228 valence electrons.